The number of esters is 1. The molecule has 0 amide bonds. The van der Waals surface area contributed by atoms with Crippen molar-refractivity contribution in [3.8, 4) is 0 Å². The lowest BCUT2D eigenvalue weighted by Crippen LogP contribution is -2.24. The zero-order valence-electron chi connectivity index (χ0n) is 13.9. The molecule has 0 radical (unpaired) electrons. The number of benzene rings is 1. The molecule has 4 aromatic rings. The van der Waals surface area contributed by atoms with E-state index < -0.39 is 33.5 Å². The maximum Gasteiger partial charge on any atom is 0.345 e. The SMILES string of the molecule is CCOC(=O)c1c(=O)c2cc(F)c(Cl)nc2n2c1[nH]c(=O)c1ccccc12. The first-order valence-electron chi connectivity index (χ1n) is 7.96. The van der Waals surface area contributed by atoms with Crippen molar-refractivity contribution in [2.24, 2.45) is 0 Å². The topological polar surface area (TPSA) is 93.5 Å². The van der Waals surface area contributed by atoms with Gasteiger partial charge in [-0.2, -0.15) is 0 Å². The molecule has 9 heteroatoms. The minimum atomic E-state index is -0.928. The minimum absolute atomic E-state index is 0.0156. The molecule has 7 nitrogen and oxygen atoms in total. The van der Waals surface area contributed by atoms with Crippen LogP contribution in [-0.2, 0) is 4.74 Å². The van der Waals surface area contributed by atoms with Crippen molar-refractivity contribution in [1.82, 2.24) is 14.4 Å². The molecule has 27 heavy (non-hydrogen) atoms. The van der Waals surface area contributed by atoms with Gasteiger partial charge in [0.25, 0.3) is 5.56 Å². The summed E-state index contributed by atoms with van der Waals surface area (Å²) >= 11 is 5.81. The number of aromatic nitrogens is 3. The third-order valence-corrected chi connectivity index (χ3v) is 4.42. The summed E-state index contributed by atoms with van der Waals surface area (Å²) in [7, 11) is 0. The first kappa shape index (κ1) is 17.2. The Labute approximate surface area is 155 Å². The van der Waals surface area contributed by atoms with Crippen molar-refractivity contribution in [1.29, 1.82) is 0 Å². The Morgan fingerprint density at radius 3 is 2.78 bits per heavy atom. The van der Waals surface area contributed by atoms with Gasteiger partial charge >= 0.3 is 5.97 Å². The number of nitrogens with one attached hydrogen (secondary N) is 1. The van der Waals surface area contributed by atoms with Crippen molar-refractivity contribution in [2.75, 3.05) is 6.61 Å². The number of aromatic amines is 1. The molecular weight excluding hydrogens is 377 g/mol. The number of carbonyl (C=O) groups excluding carboxylic acids is 1. The summed E-state index contributed by atoms with van der Waals surface area (Å²) in [6.07, 6.45) is 0. The van der Waals surface area contributed by atoms with E-state index in [1.807, 2.05) is 0 Å². The molecule has 0 spiro atoms. The number of hydrogen-bond acceptors (Lipinski definition) is 5. The Morgan fingerprint density at radius 1 is 1.30 bits per heavy atom. The molecular formula is C18H11ClFN3O4. The molecule has 0 saturated carbocycles. The highest BCUT2D eigenvalue weighted by Gasteiger charge is 2.24. The molecule has 3 heterocycles. The van der Waals surface area contributed by atoms with E-state index >= 15 is 0 Å². The van der Waals surface area contributed by atoms with E-state index in [-0.39, 0.29) is 23.3 Å². The number of nitrogens with zero attached hydrogens (tertiary/aromatic N) is 2. The van der Waals surface area contributed by atoms with Crippen LogP contribution in [0.15, 0.2) is 39.9 Å². The van der Waals surface area contributed by atoms with Gasteiger partial charge in [-0.3, -0.25) is 14.0 Å². The van der Waals surface area contributed by atoms with Crippen LogP contribution in [0.2, 0.25) is 5.15 Å². The first-order chi connectivity index (χ1) is 12.9. The van der Waals surface area contributed by atoms with Crippen LogP contribution in [0, 0.1) is 5.82 Å². The average molecular weight is 388 g/mol. The summed E-state index contributed by atoms with van der Waals surface area (Å²) in [6, 6.07) is 7.46. The summed E-state index contributed by atoms with van der Waals surface area (Å²) in [6.45, 7) is 1.60. The van der Waals surface area contributed by atoms with E-state index in [1.54, 1.807) is 31.2 Å². The van der Waals surface area contributed by atoms with Crippen molar-refractivity contribution in [3.63, 3.8) is 0 Å². The number of rotatable bonds is 2. The Morgan fingerprint density at radius 2 is 2.04 bits per heavy atom. The van der Waals surface area contributed by atoms with Gasteiger partial charge < -0.3 is 9.72 Å². The lowest BCUT2D eigenvalue weighted by Gasteiger charge is -2.13. The number of H-pyrrole nitrogens is 1. The van der Waals surface area contributed by atoms with E-state index in [9.17, 15) is 18.8 Å². The summed E-state index contributed by atoms with van der Waals surface area (Å²) in [4.78, 5) is 44.3. The van der Waals surface area contributed by atoms with Crippen LogP contribution >= 0.6 is 11.6 Å². The molecule has 0 atom stereocenters. The van der Waals surface area contributed by atoms with Gasteiger partial charge in [0.1, 0.15) is 11.2 Å². The molecule has 1 aromatic carbocycles. The fourth-order valence-electron chi connectivity index (χ4n) is 3.04. The highest BCUT2D eigenvalue weighted by molar-refractivity contribution is 6.30. The van der Waals surface area contributed by atoms with E-state index in [2.05, 4.69) is 9.97 Å². The second-order valence-corrected chi connectivity index (χ2v) is 6.07. The molecule has 0 aliphatic rings. The summed E-state index contributed by atoms with van der Waals surface area (Å²) in [5.74, 6) is -1.83. The van der Waals surface area contributed by atoms with Crippen LogP contribution in [0.3, 0.4) is 0 Å². The average Bonchev–Trinajstić information content (AvgIpc) is 2.64. The Bertz CT molecular complexity index is 1380. The van der Waals surface area contributed by atoms with E-state index in [4.69, 9.17) is 16.3 Å². The van der Waals surface area contributed by atoms with Crippen molar-refractivity contribution < 1.29 is 13.9 Å². The predicted molar refractivity (Wildman–Crippen MR) is 98.0 cm³/mol. The second-order valence-electron chi connectivity index (χ2n) is 5.71. The maximum atomic E-state index is 14.0. The lowest BCUT2D eigenvalue weighted by molar-refractivity contribution is 0.0526. The van der Waals surface area contributed by atoms with E-state index in [0.29, 0.717) is 10.9 Å². The lowest BCUT2D eigenvalue weighted by atomic mass is 10.1. The van der Waals surface area contributed by atoms with Gasteiger partial charge in [0.15, 0.2) is 16.6 Å². The number of fused-ring (bicyclic) bond motifs is 5. The van der Waals surface area contributed by atoms with Crippen LogP contribution < -0.4 is 11.0 Å². The standard InChI is InChI=1S/C18H11ClFN3O4/c1-2-27-18(26)12-13(24)9-7-10(20)14(19)21-15(9)23-11-6-4-3-5-8(11)17(25)22-16(12)23/h3-7H,2H2,1H3,(H,22,25). The third-order valence-electron chi connectivity index (χ3n) is 4.16. The Kier molecular flexibility index (Phi) is 3.92. The molecule has 136 valence electrons. The summed E-state index contributed by atoms with van der Waals surface area (Å²) in [5, 5.41) is -0.295. The molecule has 0 bridgehead atoms. The van der Waals surface area contributed by atoms with Gasteiger partial charge in [-0.1, -0.05) is 23.7 Å². The first-order valence-corrected chi connectivity index (χ1v) is 8.34. The molecule has 0 aliphatic carbocycles. The molecule has 0 unspecified atom stereocenters. The maximum absolute atomic E-state index is 14.0. The number of halogens is 2. The van der Waals surface area contributed by atoms with Gasteiger partial charge in [0.05, 0.1) is 22.9 Å². The minimum Gasteiger partial charge on any atom is -0.462 e. The van der Waals surface area contributed by atoms with Crippen molar-refractivity contribution >= 4 is 45.2 Å². The number of pyridine rings is 2. The van der Waals surface area contributed by atoms with Crippen LogP contribution in [0.5, 0.6) is 0 Å². The normalized spacial score (nSPS) is 11.4. The molecule has 0 fully saturated rings. The smallest absolute Gasteiger partial charge is 0.345 e. The Hall–Kier alpha value is -3.26. The van der Waals surface area contributed by atoms with Gasteiger partial charge in [-0.15, -0.1) is 0 Å². The zero-order valence-corrected chi connectivity index (χ0v) is 14.6. The van der Waals surface area contributed by atoms with Crippen molar-refractivity contribution in [2.45, 2.75) is 6.92 Å². The fourth-order valence-corrected chi connectivity index (χ4v) is 3.17. The monoisotopic (exact) mass is 387 g/mol. The molecule has 4 rings (SSSR count). The van der Waals surface area contributed by atoms with Crippen LogP contribution in [0.4, 0.5) is 4.39 Å². The molecule has 0 saturated heterocycles. The van der Waals surface area contributed by atoms with E-state index in [0.717, 1.165) is 6.07 Å². The van der Waals surface area contributed by atoms with Gasteiger partial charge in [-0.25, -0.2) is 14.2 Å². The van der Waals surface area contributed by atoms with Crippen LogP contribution in [-0.4, -0.2) is 26.9 Å². The molecule has 3 aromatic heterocycles. The highest BCUT2D eigenvalue weighted by atomic mass is 35.5. The number of hydrogen-bond donors (Lipinski definition) is 1. The number of ether oxygens (including phenoxy) is 1. The number of para-hydroxylation sites is 1. The quantitative estimate of drug-likeness (QED) is 0.324. The zero-order chi connectivity index (χ0) is 19.3. The fraction of sp³-hybridized carbons (Fsp3) is 0.111. The van der Waals surface area contributed by atoms with Crippen LogP contribution in [0.25, 0.3) is 27.6 Å². The van der Waals surface area contributed by atoms with Crippen LogP contribution in [0.1, 0.15) is 17.3 Å². The van der Waals surface area contributed by atoms with E-state index in [1.165, 1.54) is 4.40 Å². The second kappa shape index (κ2) is 6.17. The largest absolute Gasteiger partial charge is 0.462 e. The molecule has 0 aliphatic heterocycles. The van der Waals surface area contributed by atoms with Gasteiger partial charge in [-0.05, 0) is 25.1 Å². The molecule has 1 N–H and O–H groups in total. The van der Waals surface area contributed by atoms with Gasteiger partial charge in [0, 0.05) is 0 Å². The van der Waals surface area contributed by atoms with Crippen molar-refractivity contribution in [3.05, 3.63) is 67.4 Å². The highest BCUT2D eigenvalue weighted by Crippen LogP contribution is 2.23. The third kappa shape index (κ3) is 2.48. The predicted octanol–water partition coefficient (Wildman–Crippen LogP) is 2.66. The van der Waals surface area contributed by atoms with Gasteiger partial charge in [0.2, 0.25) is 5.43 Å². The number of carbonyl (C=O) groups is 1. The summed E-state index contributed by atoms with van der Waals surface area (Å²) in [5.41, 5.74) is -1.41. The Balaban J connectivity index is 2.38. The summed E-state index contributed by atoms with van der Waals surface area (Å²) < 4.78 is 20.3.